The van der Waals surface area contributed by atoms with Crippen LogP contribution >= 0.6 is 22.9 Å². The minimum atomic E-state index is -2.79. The summed E-state index contributed by atoms with van der Waals surface area (Å²) in [6.45, 7) is 0.967. The van der Waals surface area contributed by atoms with Crippen LogP contribution in [0.25, 0.3) is 0 Å². The standard InChI is InChI=1S/C25H23ClF5N3O2S/c26-16-2-1-3-18(28)21(16)25(35)32-11-20(23-22(24(30)31)33-13-37-23)34-8-6-15(7-9-34)36-12-14-4-5-17(27)19(29)10-14/h1-5,10,13,15,20,24H,6-9,11-12H2,(H,32,35). The van der Waals surface area contributed by atoms with Crippen molar-refractivity contribution >= 4 is 28.8 Å². The lowest BCUT2D eigenvalue weighted by molar-refractivity contribution is -0.0114. The molecule has 198 valence electrons. The van der Waals surface area contributed by atoms with Crippen LogP contribution in [0.1, 0.15) is 51.8 Å². The molecule has 37 heavy (non-hydrogen) atoms. The normalized spacial score (nSPS) is 15.8. The second-order valence-corrected chi connectivity index (χ2v) is 9.81. The number of aromatic nitrogens is 1. The summed E-state index contributed by atoms with van der Waals surface area (Å²) in [6, 6.07) is 6.83. The Kier molecular flexibility index (Phi) is 9.12. The van der Waals surface area contributed by atoms with E-state index in [4.69, 9.17) is 16.3 Å². The van der Waals surface area contributed by atoms with E-state index >= 15 is 0 Å². The van der Waals surface area contributed by atoms with Crippen molar-refractivity contribution in [2.24, 2.45) is 0 Å². The Bertz CT molecular complexity index is 1220. The fourth-order valence-corrected chi connectivity index (χ4v) is 5.44. The number of hydrogen-bond donors (Lipinski definition) is 1. The van der Waals surface area contributed by atoms with Gasteiger partial charge in [-0.15, -0.1) is 11.3 Å². The zero-order valence-corrected chi connectivity index (χ0v) is 21.0. The molecule has 1 saturated heterocycles. The highest BCUT2D eigenvalue weighted by Gasteiger charge is 2.32. The Morgan fingerprint density at radius 3 is 2.57 bits per heavy atom. The molecule has 0 spiro atoms. The molecule has 2 aromatic carbocycles. The first kappa shape index (κ1) is 27.4. The zero-order valence-electron chi connectivity index (χ0n) is 19.4. The summed E-state index contributed by atoms with van der Waals surface area (Å²) in [5, 5.41) is 2.58. The van der Waals surface area contributed by atoms with Crippen molar-refractivity contribution < 1.29 is 31.5 Å². The van der Waals surface area contributed by atoms with Crippen molar-refractivity contribution in [1.29, 1.82) is 0 Å². The van der Waals surface area contributed by atoms with E-state index in [1.54, 1.807) is 0 Å². The van der Waals surface area contributed by atoms with Gasteiger partial charge in [-0.1, -0.05) is 23.7 Å². The van der Waals surface area contributed by atoms with Crippen LogP contribution in [0.3, 0.4) is 0 Å². The number of rotatable bonds is 9. The topological polar surface area (TPSA) is 54.5 Å². The lowest BCUT2D eigenvalue weighted by atomic mass is 10.0. The van der Waals surface area contributed by atoms with Crippen molar-refractivity contribution in [3.05, 3.63) is 86.1 Å². The molecule has 1 fully saturated rings. The lowest BCUT2D eigenvalue weighted by Crippen LogP contribution is -2.44. The molecule has 4 rings (SSSR count). The Hall–Kier alpha value is -2.60. The fourth-order valence-electron chi connectivity index (χ4n) is 4.25. The number of benzene rings is 2. The molecule has 1 N–H and O–H groups in total. The number of nitrogens with zero attached hydrogens (tertiary/aromatic N) is 2. The van der Waals surface area contributed by atoms with Gasteiger partial charge in [-0.25, -0.2) is 26.9 Å². The first-order chi connectivity index (χ1) is 17.7. The predicted molar refractivity (Wildman–Crippen MR) is 129 cm³/mol. The minimum absolute atomic E-state index is 0.0564. The second kappa shape index (κ2) is 12.3. The number of halogens is 6. The number of hydrogen-bond acceptors (Lipinski definition) is 5. The van der Waals surface area contributed by atoms with Crippen molar-refractivity contribution in [3.8, 4) is 0 Å². The van der Waals surface area contributed by atoms with E-state index in [0.29, 0.717) is 36.4 Å². The van der Waals surface area contributed by atoms with Gasteiger partial charge >= 0.3 is 0 Å². The summed E-state index contributed by atoms with van der Waals surface area (Å²) >= 11 is 7.05. The van der Waals surface area contributed by atoms with E-state index in [1.807, 2.05) is 4.90 Å². The van der Waals surface area contributed by atoms with Crippen LogP contribution in [0.5, 0.6) is 0 Å². The van der Waals surface area contributed by atoms with Crippen molar-refractivity contribution in [2.45, 2.75) is 38.0 Å². The monoisotopic (exact) mass is 559 g/mol. The number of alkyl halides is 2. The number of amides is 1. The summed E-state index contributed by atoms with van der Waals surface area (Å²) in [5.74, 6) is -3.41. The van der Waals surface area contributed by atoms with E-state index in [2.05, 4.69) is 10.3 Å². The molecular formula is C25H23ClF5N3O2S. The molecule has 0 radical (unpaired) electrons. The number of ether oxygens (including phenoxy) is 1. The molecule has 5 nitrogen and oxygen atoms in total. The first-order valence-corrected chi connectivity index (χ1v) is 12.7. The minimum Gasteiger partial charge on any atom is -0.373 e. The molecule has 1 unspecified atom stereocenters. The highest BCUT2D eigenvalue weighted by atomic mass is 35.5. The van der Waals surface area contributed by atoms with Crippen molar-refractivity contribution in [3.63, 3.8) is 0 Å². The van der Waals surface area contributed by atoms with Gasteiger partial charge in [0.25, 0.3) is 12.3 Å². The number of likely N-dealkylation sites (tertiary alicyclic amines) is 1. The average molecular weight is 560 g/mol. The molecule has 0 bridgehead atoms. The van der Waals surface area contributed by atoms with Crippen LogP contribution in [0.15, 0.2) is 41.9 Å². The maximum absolute atomic E-state index is 14.2. The number of carbonyl (C=O) groups excluding carboxylic acids is 1. The molecule has 1 atom stereocenters. The van der Waals surface area contributed by atoms with E-state index in [9.17, 15) is 26.7 Å². The Morgan fingerprint density at radius 2 is 1.89 bits per heavy atom. The van der Waals surface area contributed by atoms with Crippen LogP contribution < -0.4 is 5.32 Å². The lowest BCUT2D eigenvalue weighted by Gasteiger charge is -2.37. The third-order valence-corrected chi connectivity index (χ3v) is 7.43. The number of carbonyl (C=O) groups is 1. The van der Waals surface area contributed by atoms with Gasteiger partial charge in [-0.2, -0.15) is 0 Å². The molecule has 1 aromatic heterocycles. The van der Waals surface area contributed by atoms with Gasteiger partial charge in [0.2, 0.25) is 0 Å². The van der Waals surface area contributed by atoms with Crippen LogP contribution in [-0.4, -0.2) is 41.5 Å². The molecular weight excluding hydrogens is 537 g/mol. The summed E-state index contributed by atoms with van der Waals surface area (Å²) in [6.07, 6.45) is -1.86. The van der Waals surface area contributed by atoms with Gasteiger partial charge < -0.3 is 10.1 Å². The SMILES string of the molecule is O=C(NCC(c1scnc1C(F)F)N1CCC(OCc2ccc(F)c(F)c2)CC1)c1c(F)cccc1Cl. The smallest absolute Gasteiger partial charge is 0.281 e. The quantitative estimate of drug-likeness (QED) is 0.313. The average Bonchev–Trinajstić information content (AvgIpc) is 3.36. The maximum atomic E-state index is 14.2. The van der Waals surface area contributed by atoms with E-state index in [1.165, 1.54) is 23.7 Å². The van der Waals surface area contributed by atoms with Crippen molar-refractivity contribution in [2.75, 3.05) is 19.6 Å². The molecule has 1 amide bonds. The van der Waals surface area contributed by atoms with Gasteiger partial charge in [-0.05, 0) is 42.7 Å². The maximum Gasteiger partial charge on any atom is 0.281 e. The molecule has 1 aliphatic rings. The Balaban J connectivity index is 1.42. The van der Waals surface area contributed by atoms with Crippen LogP contribution in [0.2, 0.25) is 5.02 Å². The van der Waals surface area contributed by atoms with Gasteiger partial charge in [0, 0.05) is 19.6 Å². The van der Waals surface area contributed by atoms with Crippen molar-refractivity contribution in [1.82, 2.24) is 15.2 Å². The predicted octanol–water partition coefficient (Wildman–Crippen LogP) is 6.30. The Morgan fingerprint density at radius 1 is 1.14 bits per heavy atom. The van der Waals surface area contributed by atoms with Crippen LogP contribution in [-0.2, 0) is 11.3 Å². The molecule has 2 heterocycles. The summed E-state index contributed by atoms with van der Waals surface area (Å²) < 4.78 is 73.9. The molecule has 0 saturated carbocycles. The fraction of sp³-hybridized carbons (Fsp3) is 0.360. The van der Waals surface area contributed by atoms with E-state index < -0.39 is 35.8 Å². The second-order valence-electron chi connectivity index (χ2n) is 8.52. The number of thiazole rings is 1. The zero-order chi connectivity index (χ0) is 26.5. The summed E-state index contributed by atoms with van der Waals surface area (Å²) in [5.41, 5.74) is 1.16. The third-order valence-electron chi connectivity index (χ3n) is 6.17. The van der Waals surface area contributed by atoms with Gasteiger partial charge in [0.15, 0.2) is 11.6 Å². The van der Waals surface area contributed by atoms with Gasteiger partial charge in [0.1, 0.15) is 11.5 Å². The van der Waals surface area contributed by atoms with Gasteiger partial charge in [-0.3, -0.25) is 9.69 Å². The molecule has 3 aromatic rings. The first-order valence-electron chi connectivity index (χ1n) is 11.5. The highest BCUT2D eigenvalue weighted by molar-refractivity contribution is 7.09. The Labute approximate surface area is 219 Å². The summed E-state index contributed by atoms with van der Waals surface area (Å²) in [7, 11) is 0. The summed E-state index contributed by atoms with van der Waals surface area (Å²) in [4.78, 5) is 18.8. The largest absolute Gasteiger partial charge is 0.373 e. The third kappa shape index (κ3) is 6.64. The highest BCUT2D eigenvalue weighted by Crippen LogP contribution is 2.34. The number of piperidine rings is 1. The number of nitrogens with one attached hydrogen (secondary N) is 1. The van der Waals surface area contributed by atoms with Crippen LogP contribution in [0, 0.1) is 17.5 Å². The molecule has 0 aliphatic carbocycles. The van der Waals surface area contributed by atoms with E-state index in [0.717, 1.165) is 29.5 Å². The molecule has 12 heteroatoms. The van der Waals surface area contributed by atoms with Gasteiger partial charge in [0.05, 0.1) is 39.7 Å². The molecule has 1 aliphatic heterocycles. The van der Waals surface area contributed by atoms with Crippen LogP contribution in [0.4, 0.5) is 22.0 Å². The van der Waals surface area contributed by atoms with E-state index in [-0.39, 0.29) is 35.5 Å².